The molecule has 1 aromatic heterocycles. The molecule has 0 aliphatic carbocycles. The van der Waals surface area contributed by atoms with Crippen LogP contribution in [0.1, 0.15) is 19.3 Å². The van der Waals surface area contributed by atoms with Crippen molar-refractivity contribution in [3.8, 4) is 0 Å². The summed E-state index contributed by atoms with van der Waals surface area (Å²) in [4.78, 5) is 14.1. The SMILES string of the molecule is O=c1cc(N2CCCCC2)cnn1CC(O)CBr. The first-order valence-corrected chi connectivity index (χ1v) is 7.39. The second-order valence-corrected chi connectivity index (χ2v) is 5.24. The number of aliphatic hydroxyl groups is 1. The van der Waals surface area contributed by atoms with Crippen molar-refractivity contribution >= 4 is 21.6 Å². The zero-order chi connectivity index (χ0) is 13.0. The van der Waals surface area contributed by atoms with Crippen molar-refractivity contribution in [2.24, 2.45) is 0 Å². The van der Waals surface area contributed by atoms with Crippen molar-refractivity contribution in [2.45, 2.75) is 31.9 Å². The van der Waals surface area contributed by atoms with E-state index in [1.54, 1.807) is 12.3 Å². The maximum Gasteiger partial charge on any atom is 0.268 e. The van der Waals surface area contributed by atoms with Crippen LogP contribution >= 0.6 is 15.9 Å². The minimum absolute atomic E-state index is 0.155. The Morgan fingerprint density at radius 2 is 2.11 bits per heavy atom. The summed E-state index contributed by atoms with van der Waals surface area (Å²) in [6.45, 7) is 2.22. The molecule has 1 atom stereocenters. The van der Waals surface area contributed by atoms with Crippen LogP contribution in [0.15, 0.2) is 17.1 Å². The highest BCUT2D eigenvalue weighted by Crippen LogP contribution is 2.16. The number of piperidine rings is 1. The first-order chi connectivity index (χ1) is 8.70. The molecule has 2 rings (SSSR count). The van der Waals surface area contributed by atoms with Crippen molar-refractivity contribution in [1.29, 1.82) is 0 Å². The van der Waals surface area contributed by atoms with E-state index in [9.17, 15) is 9.90 Å². The van der Waals surface area contributed by atoms with Crippen LogP contribution in [0.25, 0.3) is 0 Å². The molecular weight excluding hydrogens is 298 g/mol. The number of rotatable bonds is 4. The largest absolute Gasteiger partial charge is 0.390 e. The van der Waals surface area contributed by atoms with Gasteiger partial charge in [-0.25, -0.2) is 4.68 Å². The Kier molecular flexibility index (Phi) is 4.77. The molecule has 6 heteroatoms. The van der Waals surface area contributed by atoms with Crippen molar-refractivity contribution < 1.29 is 5.11 Å². The molecule has 0 radical (unpaired) electrons. The maximum absolute atomic E-state index is 11.9. The van der Waals surface area contributed by atoms with Gasteiger partial charge in [-0.05, 0) is 19.3 Å². The molecule has 100 valence electrons. The fraction of sp³-hybridized carbons (Fsp3) is 0.667. The number of aromatic nitrogens is 2. The summed E-state index contributed by atoms with van der Waals surface area (Å²) in [5.41, 5.74) is 0.738. The second kappa shape index (κ2) is 6.33. The molecule has 5 nitrogen and oxygen atoms in total. The van der Waals surface area contributed by atoms with Gasteiger partial charge in [0.2, 0.25) is 0 Å². The molecule has 0 saturated carbocycles. The molecule has 1 saturated heterocycles. The van der Waals surface area contributed by atoms with Crippen molar-refractivity contribution in [3.63, 3.8) is 0 Å². The number of hydrogen-bond acceptors (Lipinski definition) is 4. The van der Waals surface area contributed by atoms with E-state index in [4.69, 9.17) is 0 Å². The van der Waals surface area contributed by atoms with E-state index in [-0.39, 0.29) is 12.1 Å². The Labute approximate surface area is 115 Å². The van der Waals surface area contributed by atoms with Gasteiger partial charge < -0.3 is 10.0 Å². The lowest BCUT2D eigenvalue weighted by molar-refractivity contribution is 0.172. The van der Waals surface area contributed by atoms with Gasteiger partial charge in [-0.1, -0.05) is 15.9 Å². The minimum Gasteiger partial charge on any atom is -0.390 e. The van der Waals surface area contributed by atoms with Gasteiger partial charge in [0.05, 0.1) is 24.5 Å². The number of anilines is 1. The van der Waals surface area contributed by atoms with Gasteiger partial charge in [0, 0.05) is 24.5 Å². The van der Waals surface area contributed by atoms with Crippen LogP contribution < -0.4 is 10.5 Å². The quantitative estimate of drug-likeness (QED) is 0.842. The Morgan fingerprint density at radius 1 is 1.39 bits per heavy atom. The van der Waals surface area contributed by atoms with Gasteiger partial charge in [0.25, 0.3) is 5.56 Å². The van der Waals surface area contributed by atoms with Gasteiger partial charge in [-0.2, -0.15) is 5.10 Å². The number of hydrogen-bond donors (Lipinski definition) is 1. The summed E-state index contributed by atoms with van der Waals surface area (Å²) in [5.74, 6) is 0. The zero-order valence-electron chi connectivity index (χ0n) is 10.3. The molecule has 1 aromatic rings. The lowest BCUT2D eigenvalue weighted by Gasteiger charge is -2.28. The topological polar surface area (TPSA) is 58.4 Å². The van der Waals surface area contributed by atoms with Crippen LogP contribution in [0.2, 0.25) is 0 Å². The lowest BCUT2D eigenvalue weighted by Crippen LogP contribution is -2.33. The molecular formula is C12H18BrN3O2. The highest BCUT2D eigenvalue weighted by atomic mass is 79.9. The molecule has 18 heavy (non-hydrogen) atoms. The van der Waals surface area contributed by atoms with Gasteiger partial charge in [0.1, 0.15) is 0 Å². The van der Waals surface area contributed by atoms with Gasteiger partial charge in [-0.3, -0.25) is 4.79 Å². The van der Waals surface area contributed by atoms with Crippen LogP contribution in [0.5, 0.6) is 0 Å². The second-order valence-electron chi connectivity index (χ2n) is 4.59. The van der Waals surface area contributed by atoms with Crippen LogP contribution in [-0.2, 0) is 6.54 Å². The van der Waals surface area contributed by atoms with Crippen LogP contribution in [0, 0.1) is 0 Å². The summed E-state index contributed by atoms with van der Waals surface area (Å²) in [6, 6.07) is 1.61. The molecule has 0 aromatic carbocycles. The fourth-order valence-electron chi connectivity index (χ4n) is 2.13. The normalized spacial score (nSPS) is 17.8. The molecule has 1 aliphatic rings. The number of aliphatic hydroxyl groups excluding tert-OH is 1. The predicted octanol–water partition coefficient (Wildman–Crippen LogP) is 0.989. The summed E-state index contributed by atoms with van der Waals surface area (Å²) in [6.07, 6.45) is 4.74. The predicted molar refractivity (Wildman–Crippen MR) is 74.4 cm³/mol. The molecule has 0 amide bonds. The molecule has 1 N–H and O–H groups in total. The van der Waals surface area contributed by atoms with Gasteiger partial charge in [-0.15, -0.1) is 0 Å². The van der Waals surface area contributed by atoms with Gasteiger partial charge >= 0.3 is 0 Å². The minimum atomic E-state index is -0.587. The van der Waals surface area contributed by atoms with E-state index in [1.807, 2.05) is 0 Å². The smallest absolute Gasteiger partial charge is 0.268 e. The third-order valence-electron chi connectivity index (χ3n) is 3.14. The Morgan fingerprint density at radius 3 is 2.72 bits per heavy atom. The standard InChI is InChI=1S/C12H18BrN3O2/c13-7-11(17)9-16-12(18)6-10(8-14-16)15-4-2-1-3-5-15/h6,8,11,17H,1-5,7,9H2. The summed E-state index contributed by atoms with van der Waals surface area (Å²) >= 11 is 3.17. The van der Waals surface area contributed by atoms with Crippen LogP contribution in [0.3, 0.4) is 0 Å². The van der Waals surface area contributed by atoms with E-state index in [0.717, 1.165) is 18.8 Å². The first-order valence-electron chi connectivity index (χ1n) is 6.27. The van der Waals surface area contributed by atoms with E-state index >= 15 is 0 Å². The van der Waals surface area contributed by atoms with Crippen LogP contribution in [-0.4, -0.2) is 39.4 Å². The maximum atomic E-state index is 11.9. The highest BCUT2D eigenvalue weighted by Gasteiger charge is 2.13. The highest BCUT2D eigenvalue weighted by molar-refractivity contribution is 9.09. The lowest BCUT2D eigenvalue weighted by atomic mass is 10.1. The average Bonchev–Trinajstić information content (AvgIpc) is 2.42. The number of alkyl halides is 1. The van der Waals surface area contributed by atoms with Gasteiger partial charge in [0.15, 0.2) is 0 Å². The molecule has 2 heterocycles. The zero-order valence-corrected chi connectivity index (χ0v) is 11.8. The Bertz CT molecular complexity index is 443. The molecule has 1 fully saturated rings. The number of halogens is 1. The summed E-state index contributed by atoms with van der Waals surface area (Å²) < 4.78 is 1.30. The molecule has 0 spiro atoms. The van der Waals surface area contributed by atoms with E-state index in [2.05, 4.69) is 25.9 Å². The average molecular weight is 316 g/mol. The monoisotopic (exact) mass is 315 g/mol. The van der Waals surface area contributed by atoms with E-state index < -0.39 is 6.10 Å². The fourth-order valence-corrected chi connectivity index (χ4v) is 2.34. The molecule has 0 bridgehead atoms. The molecule has 1 aliphatic heterocycles. The molecule has 1 unspecified atom stereocenters. The summed E-state index contributed by atoms with van der Waals surface area (Å²) in [5, 5.41) is 14.1. The summed E-state index contributed by atoms with van der Waals surface area (Å²) in [7, 11) is 0. The Hall–Kier alpha value is -0.880. The van der Waals surface area contributed by atoms with Crippen molar-refractivity contribution in [2.75, 3.05) is 23.3 Å². The third-order valence-corrected chi connectivity index (χ3v) is 3.89. The van der Waals surface area contributed by atoms with E-state index in [0.29, 0.717) is 5.33 Å². The Balaban J connectivity index is 2.11. The first kappa shape index (κ1) is 13.5. The number of nitrogens with zero attached hydrogens (tertiary/aromatic N) is 3. The van der Waals surface area contributed by atoms with E-state index in [1.165, 1.54) is 23.9 Å². The van der Waals surface area contributed by atoms with Crippen LogP contribution in [0.4, 0.5) is 5.69 Å². The van der Waals surface area contributed by atoms with Crippen molar-refractivity contribution in [1.82, 2.24) is 9.78 Å². The van der Waals surface area contributed by atoms with Crippen molar-refractivity contribution in [3.05, 3.63) is 22.6 Å². The third kappa shape index (κ3) is 3.32.